The number of benzene rings is 3. The summed E-state index contributed by atoms with van der Waals surface area (Å²) in [5.74, 6) is -0.341. The predicted molar refractivity (Wildman–Crippen MR) is 134 cm³/mol. The number of para-hydroxylation sites is 2. The predicted octanol–water partition coefficient (Wildman–Crippen LogP) is 5.91. The number of nitro groups is 1. The van der Waals surface area contributed by atoms with Crippen LogP contribution in [0.5, 0.6) is 0 Å². The number of carbonyl (C=O) groups is 2. The van der Waals surface area contributed by atoms with E-state index in [9.17, 15) is 19.7 Å². The van der Waals surface area contributed by atoms with E-state index in [1.54, 1.807) is 17.0 Å². The molecule has 7 nitrogen and oxygen atoms in total. The molecule has 0 bridgehead atoms. The second kappa shape index (κ2) is 9.18. The topological polar surface area (TPSA) is 92.6 Å². The first kappa shape index (κ1) is 22.5. The lowest BCUT2D eigenvalue weighted by atomic mass is 9.78. The van der Waals surface area contributed by atoms with Crippen molar-refractivity contribution in [1.29, 1.82) is 0 Å². The Kier molecular flexibility index (Phi) is 5.91. The molecule has 35 heavy (non-hydrogen) atoms. The van der Waals surface area contributed by atoms with Crippen LogP contribution in [0.25, 0.3) is 0 Å². The highest BCUT2D eigenvalue weighted by atomic mass is 16.6. The summed E-state index contributed by atoms with van der Waals surface area (Å²) in [4.78, 5) is 39.8. The van der Waals surface area contributed by atoms with Gasteiger partial charge in [0.1, 0.15) is 0 Å². The number of anilines is 2. The van der Waals surface area contributed by atoms with Gasteiger partial charge in [0, 0.05) is 36.2 Å². The lowest BCUT2D eigenvalue weighted by Gasteiger charge is -2.35. The van der Waals surface area contributed by atoms with Gasteiger partial charge in [-0.15, -0.1) is 0 Å². The number of nitro benzene ring substituents is 1. The smallest absolute Gasteiger partial charge is 0.269 e. The minimum atomic E-state index is -0.562. The van der Waals surface area contributed by atoms with Crippen molar-refractivity contribution in [2.24, 2.45) is 0 Å². The number of non-ortho nitro benzene ring substituents is 1. The first-order chi connectivity index (χ1) is 17.0. The third kappa shape index (κ3) is 4.10. The lowest BCUT2D eigenvalue weighted by molar-refractivity contribution is -0.384. The normalized spacial score (nSPS) is 19.3. The van der Waals surface area contributed by atoms with Crippen LogP contribution in [0.2, 0.25) is 0 Å². The van der Waals surface area contributed by atoms with Crippen molar-refractivity contribution >= 4 is 28.8 Å². The Morgan fingerprint density at radius 2 is 1.71 bits per heavy atom. The summed E-state index contributed by atoms with van der Waals surface area (Å²) < 4.78 is 0. The van der Waals surface area contributed by atoms with Crippen LogP contribution in [0.15, 0.2) is 90.1 Å². The standard InChI is InChI=1S/C28H25N3O4/c1-2-26(33)30-24-14-7-6-13-22(24)29-23-16-20(19-11-8-12-21(15-19)31(34)35)17-25(32)27(23)28(30)18-9-4-3-5-10-18/h3-15,20,28-29H,2,16-17H2,1H3/t20-,28-/m0/s1. The number of ketones is 1. The average molecular weight is 468 g/mol. The van der Waals surface area contributed by atoms with Crippen molar-refractivity contribution in [3.8, 4) is 0 Å². The molecule has 3 aromatic carbocycles. The maximum absolute atomic E-state index is 13.8. The highest BCUT2D eigenvalue weighted by Gasteiger charge is 2.41. The number of nitrogens with one attached hydrogen (secondary N) is 1. The Morgan fingerprint density at radius 3 is 2.46 bits per heavy atom. The van der Waals surface area contributed by atoms with Gasteiger partial charge in [-0.05, 0) is 35.6 Å². The van der Waals surface area contributed by atoms with Crippen molar-refractivity contribution in [2.45, 2.75) is 38.1 Å². The minimum absolute atomic E-state index is 0.00998. The van der Waals surface area contributed by atoms with Crippen LogP contribution in [-0.4, -0.2) is 16.6 Å². The van der Waals surface area contributed by atoms with E-state index in [0.29, 0.717) is 18.4 Å². The van der Waals surface area contributed by atoms with Gasteiger partial charge in [0.15, 0.2) is 5.78 Å². The van der Waals surface area contributed by atoms with E-state index in [0.717, 1.165) is 28.2 Å². The summed E-state index contributed by atoms with van der Waals surface area (Å²) in [5.41, 5.74) is 4.45. The molecule has 1 aliphatic heterocycles. The van der Waals surface area contributed by atoms with Crippen molar-refractivity contribution in [2.75, 3.05) is 10.2 Å². The zero-order valence-electron chi connectivity index (χ0n) is 19.3. The highest BCUT2D eigenvalue weighted by Crippen LogP contribution is 2.47. The first-order valence-electron chi connectivity index (χ1n) is 11.7. The van der Waals surface area contributed by atoms with E-state index in [-0.39, 0.29) is 29.7 Å². The van der Waals surface area contributed by atoms with Crippen LogP contribution in [-0.2, 0) is 9.59 Å². The number of allylic oxidation sites excluding steroid dienone is 1. The Bertz CT molecular complexity index is 1350. The Hall–Kier alpha value is -4.26. The minimum Gasteiger partial charge on any atom is -0.357 e. The maximum atomic E-state index is 13.8. The van der Waals surface area contributed by atoms with Crippen LogP contribution >= 0.6 is 0 Å². The molecule has 0 radical (unpaired) electrons. The summed E-state index contributed by atoms with van der Waals surface area (Å²) in [7, 11) is 0. The molecule has 176 valence electrons. The van der Waals surface area contributed by atoms with E-state index < -0.39 is 11.0 Å². The molecule has 1 aliphatic carbocycles. The van der Waals surface area contributed by atoms with Crippen LogP contribution in [0, 0.1) is 10.1 Å². The first-order valence-corrected chi connectivity index (χ1v) is 11.7. The van der Waals surface area contributed by atoms with Gasteiger partial charge in [-0.3, -0.25) is 24.6 Å². The highest BCUT2D eigenvalue weighted by molar-refractivity contribution is 6.06. The SMILES string of the molecule is CCC(=O)N1c2ccccc2NC2=C(C(=O)C[C@@H](c3cccc([N+](=O)[O-])c3)C2)[C@@H]1c1ccccc1. The number of Topliss-reactive ketones (excluding diaryl/α,β-unsaturated/α-hetero) is 1. The molecule has 1 heterocycles. The molecule has 5 rings (SSSR count). The second-order valence-electron chi connectivity index (χ2n) is 8.85. The second-order valence-corrected chi connectivity index (χ2v) is 8.85. The maximum Gasteiger partial charge on any atom is 0.269 e. The van der Waals surface area contributed by atoms with E-state index in [2.05, 4.69) is 5.32 Å². The number of fused-ring (bicyclic) bond motifs is 1. The lowest BCUT2D eigenvalue weighted by Crippen LogP contribution is -2.38. The summed E-state index contributed by atoms with van der Waals surface area (Å²) in [6.45, 7) is 1.82. The fourth-order valence-electron chi connectivity index (χ4n) is 5.11. The number of amides is 1. The van der Waals surface area contributed by atoms with Gasteiger partial charge in [-0.1, -0.05) is 61.5 Å². The molecule has 2 atom stereocenters. The fourth-order valence-corrected chi connectivity index (χ4v) is 5.11. The Labute approximate surface area is 203 Å². The van der Waals surface area contributed by atoms with Gasteiger partial charge in [0.25, 0.3) is 5.69 Å². The van der Waals surface area contributed by atoms with Gasteiger partial charge in [-0.25, -0.2) is 0 Å². The molecule has 0 saturated carbocycles. The number of nitrogens with zero attached hydrogens (tertiary/aromatic N) is 2. The van der Waals surface area contributed by atoms with Crippen molar-refractivity contribution in [3.63, 3.8) is 0 Å². The Balaban J connectivity index is 1.68. The molecule has 1 amide bonds. The molecular weight excluding hydrogens is 442 g/mol. The van der Waals surface area contributed by atoms with Crippen LogP contribution in [0.4, 0.5) is 17.1 Å². The van der Waals surface area contributed by atoms with Crippen molar-refractivity contribution in [3.05, 3.63) is 111 Å². The van der Waals surface area contributed by atoms with E-state index in [1.807, 2.05) is 67.6 Å². The van der Waals surface area contributed by atoms with Crippen LogP contribution in [0.1, 0.15) is 49.3 Å². The van der Waals surface area contributed by atoms with Gasteiger partial charge in [-0.2, -0.15) is 0 Å². The number of hydrogen-bond donors (Lipinski definition) is 1. The quantitative estimate of drug-likeness (QED) is 0.381. The van der Waals surface area contributed by atoms with Crippen LogP contribution < -0.4 is 10.2 Å². The van der Waals surface area contributed by atoms with Gasteiger partial charge in [0.05, 0.1) is 22.3 Å². The molecule has 7 heteroatoms. The largest absolute Gasteiger partial charge is 0.357 e. The summed E-state index contributed by atoms with van der Waals surface area (Å²) in [6.07, 6.45) is 1.02. The number of carbonyl (C=O) groups excluding carboxylic acids is 2. The molecule has 1 N–H and O–H groups in total. The molecule has 2 aliphatic rings. The average Bonchev–Trinajstić information content (AvgIpc) is 3.03. The third-order valence-electron chi connectivity index (χ3n) is 6.73. The summed E-state index contributed by atoms with van der Waals surface area (Å²) >= 11 is 0. The third-order valence-corrected chi connectivity index (χ3v) is 6.73. The molecule has 0 fully saturated rings. The van der Waals surface area contributed by atoms with Gasteiger partial charge < -0.3 is 5.32 Å². The van der Waals surface area contributed by atoms with E-state index in [1.165, 1.54) is 6.07 Å². The summed E-state index contributed by atoms with van der Waals surface area (Å²) in [6, 6.07) is 23.1. The molecule has 0 aromatic heterocycles. The zero-order valence-corrected chi connectivity index (χ0v) is 19.3. The van der Waals surface area contributed by atoms with Crippen LogP contribution in [0.3, 0.4) is 0 Å². The van der Waals surface area contributed by atoms with E-state index in [4.69, 9.17) is 0 Å². The van der Waals surface area contributed by atoms with Gasteiger partial charge >= 0.3 is 0 Å². The molecular formula is C28H25N3O4. The summed E-state index contributed by atoms with van der Waals surface area (Å²) in [5, 5.41) is 14.8. The zero-order chi connectivity index (χ0) is 24.5. The molecule has 0 saturated heterocycles. The van der Waals surface area contributed by atoms with Crippen molar-refractivity contribution < 1.29 is 14.5 Å². The number of rotatable bonds is 4. The van der Waals surface area contributed by atoms with Crippen molar-refractivity contribution in [1.82, 2.24) is 0 Å². The molecule has 0 unspecified atom stereocenters. The fraction of sp³-hybridized carbons (Fsp3) is 0.214. The number of hydrogen-bond acceptors (Lipinski definition) is 5. The molecule has 3 aromatic rings. The molecule has 0 spiro atoms. The monoisotopic (exact) mass is 467 g/mol. The van der Waals surface area contributed by atoms with Gasteiger partial charge in [0.2, 0.25) is 5.91 Å². The Morgan fingerprint density at radius 1 is 1.00 bits per heavy atom. The van der Waals surface area contributed by atoms with E-state index >= 15 is 0 Å².